The molecule has 63 valence electrons. The molecular formula is C8H4F3O. The number of halogens is 3. The molecule has 0 fully saturated rings. The van der Waals surface area contributed by atoms with E-state index < -0.39 is 23.2 Å². The van der Waals surface area contributed by atoms with Gasteiger partial charge in [-0.15, -0.1) is 0 Å². The Morgan fingerprint density at radius 2 is 1.58 bits per heavy atom. The van der Waals surface area contributed by atoms with E-state index in [-0.39, 0.29) is 5.56 Å². The molecule has 0 aliphatic heterocycles. The van der Waals surface area contributed by atoms with Gasteiger partial charge in [-0.05, 0) is 12.1 Å². The van der Waals surface area contributed by atoms with Crippen molar-refractivity contribution in [2.45, 2.75) is 0 Å². The molecule has 12 heavy (non-hydrogen) atoms. The molecule has 0 unspecified atom stereocenters. The molecule has 0 saturated heterocycles. The Labute approximate surface area is 66.8 Å². The Hall–Kier alpha value is -1.32. The van der Waals surface area contributed by atoms with Crippen molar-refractivity contribution >= 4 is 5.78 Å². The van der Waals surface area contributed by atoms with Crippen molar-refractivity contribution in [1.82, 2.24) is 0 Å². The highest BCUT2D eigenvalue weighted by molar-refractivity contribution is 5.99. The molecule has 0 amide bonds. The van der Waals surface area contributed by atoms with Crippen LogP contribution in [-0.2, 0) is 0 Å². The molecule has 0 bridgehead atoms. The van der Waals surface area contributed by atoms with Gasteiger partial charge in [-0.1, -0.05) is 0 Å². The first-order valence-corrected chi connectivity index (χ1v) is 3.03. The average molecular weight is 173 g/mol. The van der Waals surface area contributed by atoms with Gasteiger partial charge in [0.15, 0.2) is 23.2 Å². The summed E-state index contributed by atoms with van der Waals surface area (Å²) < 4.78 is 37.1. The third kappa shape index (κ3) is 1.47. The van der Waals surface area contributed by atoms with E-state index in [9.17, 15) is 18.0 Å². The van der Waals surface area contributed by atoms with Gasteiger partial charge in [-0.2, -0.15) is 0 Å². The molecule has 0 heterocycles. The van der Waals surface area contributed by atoms with Crippen molar-refractivity contribution in [3.63, 3.8) is 0 Å². The van der Waals surface area contributed by atoms with E-state index >= 15 is 0 Å². The van der Waals surface area contributed by atoms with Crippen LogP contribution in [0.5, 0.6) is 0 Å². The lowest BCUT2D eigenvalue weighted by molar-refractivity contribution is 0.104. The van der Waals surface area contributed by atoms with Crippen LogP contribution < -0.4 is 0 Å². The smallest absolute Gasteiger partial charge is 0.194 e. The highest BCUT2D eigenvalue weighted by Gasteiger charge is 2.12. The Bertz CT molecular complexity index is 310. The fraction of sp³-hybridized carbons (Fsp3) is 0. The van der Waals surface area contributed by atoms with Crippen LogP contribution in [0.3, 0.4) is 0 Å². The number of rotatable bonds is 1. The van der Waals surface area contributed by atoms with E-state index in [0.717, 1.165) is 0 Å². The lowest BCUT2D eigenvalue weighted by Crippen LogP contribution is -1.98. The van der Waals surface area contributed by atoms with Gasteiger partial charge in [0.1, 0.15) is 0 Å². The van der Waals surface area contributed by atoms with Crippen LogP contribution in [-0.4, -0.2) is 5.78 Å². The molecule has 0 spiro atoms. The van der Waals surface area contributed by atoms with Gasteiger partial charge >= 0.3 is 0 Å². The summed E-state index contributed by atoms with van der Waals surface area (Å²) in [4.78, 5) is 10.5. The number of carbonyl (C=O) groups is 1. The summed E-state index contributed by atoms with van der Waals surface area (Å²) in [6, 6.07) is 1.21. The zero-order chi connectivity index (χ0) is 9.30. The summed E-state index contributed by atoms with van der Waals surface area (Å²) in [5.41, 5.74) is -0.286. The fourth-order valence-electron chi connectivity index (χ4n) is 0.717. The van der Waals surface area contributed by atoms with Gasteiger partial charge in [0.2, 0.25) is 0 Å². The minimum atomic E-state index is -1.58. The molecule has 1 radical (unpaired) electrons. The summed E-state index contributed by atoms with van der Waals surface area (Å²) in [6.45, 7) is 2.93. The zero-order valence-electron chi connectivity index (χ0n) is 5.90. The van der Waals surface area contributed by atoms with Crippen LogP contribution in [0, 0.1) is 24.4 Å². The minimum Gasteiger partial charge on any atom is -0.294 e. The molecule has 1 rings (SSSR count). The number of benzene rings is 1. The average Bonchev–Trinajstić information content (AvgIpc) is 1.99. The molecule has 0 atom stereocenters. The second-order valence-corrected chi connectivity index (χ2v) is 2.18. The largest absolute Gasteiger partial charge is 0.294 e. The zero-order valence-corrected chi connectivity index (χ0v) is 5.90. The Kier molecular flexibility index (Phi) is 2.17. The molecule has 0 N–H and O–H groups in total. The predicted molar refractivity (Wildman–Crippen MR) is 36.0 cm³/mol. The maximum absolute atomic E-state index is 12.4. The third-order valence-corrected chi connectivity index (χ3v) is 1.31. The van der Waals surface area contributed by atoms with Crippen molar-refractivity contribution in [1.29, 1.82) is 0 Å². The molecule has 1 aromatic carbocycles. The molecule has 0 saturated carbocycles. The normalized spacial score (nSPS) is 10.0. The maximum atomic E-state index is 12.4. The van der Waals surface area contributed by atoms with E-state index in [1.165, 1.54) is 0 Å². The van der Waals surface area contributed by atoms with Crippen LogP contribution >= 0.6 is 0 Å². The molecule has 0 aliphatic carbocycles. The van der Waals surface area contributed by atoms with Gasteiger partial charge in [-0.25, -0.2) is 13.2 Å². The number of carbonyl (C=O) groups excluding carboxylic acids is 1. The first-order valence-electron chi connectivity index (χ1n) is 3.03. The minimum absolute atomic E-state index is 0.286. The van der Waals surface area contributed by atoms with E-state index in [1.807, 2.05) is 0 Å². The Balaban J connectivity index is 3.31. The summed E-state index contributed by atoms with van der Waals surface area (Å²) in [5.74, 6) is -5.11. The van der Waals surface area contributed by atoms with Crippen molar-refractivity contribution in [2.75, 3.05) is 0 Å². The summed E-state index contributed by atoms with van der Waals surface area (Å²) in [5, 5.41) is 0. The first kappa shape index (κ1) is 8.77. The highest BCUT2D eigenvalue weighted by Crippen LogP contribution is 2.13. The van der Waals surface area contributed by atoms with Gasteiger partial charge in [0.05, 0.1) is 0 Å². The Morgan fingerprint density at radius 1 is 1.17 bits per heavy atom. The fourth-order valence-corrected chi connectivity index (χ4v) is 0.717. The highest BCUT2D eigenvalue weighted by atomic mass is 19.2. The Morgan fingerprint density at radius 3 is 1.92 bits per heavy atom. The van der Waals surface area contributed by atoms with Crippen LogP contribution in [0.1, 0.15) is 10.4 Å². The summed E-state index contributed by atoms with van der Waals surface area (Å²) in [6.07, 6.45) is 0. The lowest BCUT2D eigenvalue weighted by Gasteiger charge is -1.97. The van der Waals surface area contributed by atoms with Gasteiger partial charge < -0.3 is 0 Å². The first-order chi connectivity index (χ1) is 5.52. The van der Waals surface area contributed by atoms with Crippen LogP contribution in [0.25, 0.3) is 0 Å². The molecule has 1 nitrogen and oxygen atoms in total. The summed E-state index contributed by atoms with van der Waals surface area (Å²) >= 11 is 0. The van der Waals surface area contributed by atoms with Crippen molar-refractivity contribution in [3.05, 3.63) is 42.1 Å². The van der Waals surface area contributed by atoms with Crippen molar-refractivity contribution < 1.29 is 18.0 Å². The van der Waals surface area contributed by atoms with Gasteiger partial charge in [0, 0.05) is 12.5 Å². The topological polar surface area (TPSA) is 17.1 Å². The molecule has 4 heteroatoms. The molecular weight excluding hydrogens is 169 g/mol. The number of hydrogen-bond acceptors (Lipinski definition) is 1. The van der Waals surface area contributed by atoms with E-state index in [0.29, 0.717) is 12.1 Å². The second kappa shape index (κ2) is 2.97. The van der Waals surface area contributed by atoms with E-state index in [1.54, 1.807) is 0 Å². The quantitative estimate of drug-likeness (QED) is 0.469. The van der Waals surface area contributed by atoms with Gasteiger partial charge in [-0.3, -0.25) is 4.79 Å². The molecule has 1 aromatic rings. The second-order valence-electron chi connectivity index (χ2n) is 2.18. The van der Waals surface area contributed by atoms with E-state index in [4.69, 9.17) is 0 Å². The maximum Gasteiger partial charge on any atom is 0.194 e. The lowest BCUT2D eigenvalue weighted by atomic mass is 10.1. The van der Waals surface area contributed by atoms with E-state index in [2.05, 4.69) is 6.92 Å². The molecule has 0 aromatic heterocycles. The SMILES string of the molecule is [CH2]C(=O)c1cc(F)c(F)c(F)c1. The number of ketones is 1. The standard InChI is InChI=1S/C8H4F3O/c1-4(12)5-2-6(9)8(11)7(10)3-5/h2-3H,1H2. The van der Waals surface area contributed by atoms with Crippen molar-refractivity contribution in [2.24, 2.45) is 0 Å². The van der Waals surface area contributed by atoms with Crippen LogP contribution in [0.2, 0.25) is 0 Å². The summed E-state index contributed by atoms with van der Waals surface area (Å²) in [7, 11) is 0. The third-order valence-electron chi connectivity index (χ3n) is 1.31. The number of hydrogen-bond donors (Lipinski definition) is 0. The monoisotopic (exact) mass is 173 g/mol. The number of Topliss-reactive ketones (excluding diaryl/α,β-unsaturated/α-hetero) is 1. The van der Waals surface area contributed by atoms with Crippen molar-refractivity contribution in [3.8, 4) is 0 Å². The van der Waals surface area contributed by atoms with Crippen LogP contribution in [0.4, 0.5) is 13.2 Å². The van der Waals surface area contributed by atoms with Gasteiger partial charge in [0.25, 0.3) is 0 Å². The predicted octanol–water partition coefficient (Wildman–Crippen LogP) is 2.12. The molecule has 0 aliphatic rings. The van der Waals surface area contributed by atoms with Crippen LogP contribution in [0.15, 0.2) is 12.1 Å².